The van der Waals surface area contributed by atoms with E-state index >= 15 is 0 Å². The van der Waals surface area contributed by atoms with Crippen LogP contribution in [-0.2, 0) is 16.1 Å². The summed E-state index contributed by atoms with van der Waals surface area (Å²) in [7, 11) is 0. The summed E-state index contributed by atoms with van der Waals surface area (Å²) in [6.07, 6.45) is 8.56. The third-order valence-corrected chi connectivity index (χ3v) is 4.51. The van der Waals surface area contributed by atoms with Gasteiger partial charge in [0.25, 0.3) is 0 Å². The summed E-state index contributed by atoms with van der Waals surface area (Å²) < 4.78 is 0. The SMILES string of the molecule is O=C1CCN(Cc2ccncc2)C(=O)C2(CCCCC2)N1. The molecular formula is C16H21N3O2. The minimum absolute atomic E-state index is 0.00229. The molecule has 1 saturated heterocycles. The Morgan fingerprint density at radius 3 is 2.57 bits per heavy atom. The van der Waals surface area contributed by atoms with Crippen LogP contribution in [0.25, 0.3) is 0 Å². The van der Waals surface area contributed by atoms with Gasteiger partial charge in [0.05, 0.1) is 0 Å². The first-order valence-electron chi connectivity index (χ1n) is 7.69. The van der Waals surface area contributed by atoms with E-state index in [0.29, 0.717) is 19.5 Å². The maximum atomic E-state index is 13.0. The molecule has 1 aromatic heterocycles. The van der Waals surface area contributed by atoms with Crippen molar-refractivity contribution in [2.75, 3.05) is 6.54 Å². The molecule has 0 atom stereocenters. The molecular weight excluding hydrogens is 266 g/mol. The molecule has 2 heterocycles. The zero-order valence-electron chi connectivity index (χ0n) is 12.2. The van der Waals surface area contributed by atoms with Crippen LogP contribution in [0.3, 0.4) is 0 Å². The summed E-state index contributed by atoms with van der Waals surface area (Å²) >= 11 is 0. The standard InChI is InChI=1S/C16H21N3O2/c20-14-6-11-19(12-13-4-9-17-10-5-13)15(21)16(18-14)7-2-1-3-8-16/h4-5,9-10H,1-3,6-8,11-12H2,(H,18,20). The van der Waals surface area contributed by atoms with E-state index in [1.807, 2.05) is 17.0 Å². The highest BCUT2D eigenvalue weighted by Gasteiger charge is 2.44. The molecule has 3 rings (SSSR count). The van der Waals surface area contributed by atoms with Crippen molar-refractivity contribution in [1.82, 2.24) is 15.2 Å². The number of amides is 2. The highest BCUT2D eigenvalue weighted by Crippen LogP contribution is 2.32. The molecule has 1 saturated carbocycles. The fraction of sp³-hybridized carbons (Fsp3) is 0.562. The summed E-state index contributed by atoms with van der Waals surface area (Å²) in [4.78, 5) is 30.8. The van der Waals surface area contributed by atoms with Crippen molar-refractivity contribution in [1.29, 1.82) is 0 Å². The second-order valence-corrected chi connectivity index (χ2v) is 6.02. The lowest BCUT2D eigenvalue weighted by atomic mass is 9.80. The van der Waals surface area contributed by atoms with Crippen LogP contribution in [0.4, 0.5) is 0 Å². The topological polar surface area (TPSA) is 62.3 Å². The van der Waals surface area contributed by atoms with Crippen molar-refractivity contribution in [3.63, 3.8) is 0 Å². The third kappa shape index (κ3) is 2.91. The van der Waals surface area contributed by atoms with Gasteiger partial charge in [-0.25, -0.2) is 0 Å². The molecule has 5 nitrogen and oxygen atoms in total. The van der Waals surface area contributed by atoms with Crippen LogP contribution in [0.2, 0.25) is 0 Å². The normalized spacial score (nSPS) is 22.0. The molecule has 0 bridgehead atoms. The molecule has 2 amide bonds. The highest BCUT2D eigenvalue weighted by atomic mass is 16.2. The van der Waals surface area contributed by atoms with Crippen LogP contribution in [0.1, 0.15) is 44.1 Å². The van der Waals surface area contributed by atoms with E-state index in [4.69, 9.17) is 0 Å². The average Bonchev–Trinajstić information content (AvgIpc) is 2.62. The summed E-state index contributed by atoms with van der Waals surface area (Å²) in [6, 6.07) is 3.84. The zero-order valence-corrected chi connectivity index (χ0v) is 12.2. The summed E-state index contributed by atoms with van der Waals surface area (Å²) in [6.45, 7) is 1.05. The molecule has 0 aromatic carbocycles. The first-order valence-corrected chi connectivity index (χ1v) is 7.69. The Morgan fingerprint density at radius 1 is 1.14 bits per heavy atom. The monoisotopic (exact) mass is 287 g/mol. The fourth-order valence-corrected chi connectivity index (χ4v) is 3.38. The molecule has 1 aliphatic heterocycles. The second kappa shape index (κ2) is 5.84. The number of carbonyl (C=O) groups excluding carboxylic acids is 2. The number of aromatic nitrogens is 1. The van der Waals surface area contributed by atoms with Gasteiger partial charge < -0.3 is 10.2 Å². The molecule has 0 radical (unpaired) electrons. The van der Waals surface area contributed by atoms with Gasteiger partial charge in [0.15, 0.2) is 0 Å². The zero-order chi connectivity index (χ0) is 14.7. The van der Waals surface area contributed by atoms with E-state index < -0.39 is 5.54 Å². The molecule has 0 unspecified atom stereocenters. The van der Waals surface area contributed by atoms with Crippen LogP contribution in [0.15, 0.2) is 24.5 Å². The van der Waals surface area contributed by atoms with Gasteiger partial charge in [-0.05, 0) is 30.5 Å². The van der Waals surface area contributed by atoms with Crippen molar-refractivity contribution in [3.05, 3.63) is 30.1 Å². The van der Waals surface area contributed by atoms with E-state index in [2.05, 4.69) is 10.3 Å². The van der Waals surface area contributed by atoms with E-state index in [1.54, 1.807) is 12.4 Å². The quantitative estimate of drug-likeness (QED) is 0.899. The van der Waals surface area contributed by atoms with Gasteiger partial charge in [0.1, 0.15) is 5.54 Å². The summed E-state index contributed by atoms with van der Waals surface area (Å²) in [5.41, 5.74) is 0.400. The van der Waals surface area contributed by atoms with Gasteiger partial charge in [0, 0.05) is 31.9 Å². The Kier molecular flexibility index (Phi) is 3.90. The van der Waals surface area contributed by atoms with Gasteiger partial charge in [-0.2, -0.15) is 0 Å². The Hall–Kier alpha value is -1.91. The lowest BCUT2D eigenvalue weighted by Crippen LogP contribution is -2.57. The predicted molar refractivity (Wildman–Crippen MR) is 78.2 cm³/mol. The Morgan fingerprint density at radius 2 is 1.86 bits per heavy atom. The molecule has 1 N–H and O–H groups in total. The van der Waals surface area contributed by atoms with Crippen LogP contribution >= 0.6 is 0 Å². The van der Waals surface area contributed by atoms with Crippen LogP contribution in [0.5, 0.6) is 0 Å². The molecule has 1 aromatic rings. The number of nitrogens with zero attached hydrogens (tertiary/aromatic N) is 2. The number of rotatable bonds is 2. The Balaban J connectivity index is 1.83. The molecule has 2 fully saturated rings. The van der Waals surface area contributed by atoms with Crippen LogP contribution < -0.4 is 5.32 Å². The Bertz CT molecular complexity index is 524. The van der Waals surface area contributed by atoms with E-state index in [1.165, 1.54) is 0 Å². The number of hydrogen-bond acceptors (Lipinski definition) is 3. The number of nitrogens with one attached hydrogen (secondary N) is 1. The maximum absolute atomic E-state index is 13.0. The van der Waals surface area contributed by atoms with Crippen molar-refractivity contribution in [2.24, 2.45) is 0 Å². The van der Waals surface area contributed by atoms with Gasteiger partial charge >= 0.3 is 0 Å². The van der Waals surface area contributed by atoms with E-state index in [9.17, 15) is 9.59 Å². The maximum Gasteiger partial charge on any atom is 0.248 e. The highest BCUT2D eigenvalue weighted by molar-refractivity contribution is 5.93. The first-order chi connectivity index (χ1) is 10.2. The van der Waals surface area contributed by atoms with Crippen molar-refractivity contribution in [2.45, 2.75) is 50.6 Å². The molecule has 21 heavy (non-hydrogen) atoms. The van der Waals surface area contributed by atoms with Crippen LogP contribution in [0, 0.1) is 0 Å². The van der Waals surface area contributed by atoms with Crippen molar-refractivity contribution < 1.29 is 9.59 Å². The summed E-state index contributed by atoms with van der Waals surface area (Å²) in [5, 5.41) is 3.02. The van der Waals surface area contributed by atoms with E-state index in [0.717, 1.165) is 37.7 Å². The fourth-order valence-electron chi connectivity index (χ4n) is 3.38. The van der Waals surface area contributed by atoms with E-state index in [-0.39, 0.29) is 11.8 Å². The van der Waals surface area contributed by atoms with Gasteiger partial charge in [-0.15, -0.1) is 0 Å². The lowest BCUT2D eigenvalue weighted by molar-refractivity contribution is -0.140. The number of hydrogen-bond donors (Lipinski definition) is 1. The molecule has 1 spiro atoms. The predicted octanol–water partition coefficient (Wildman–Crippen LogP) is 1.63. The molecule has 2 aliphatic rings. The summed E-state index contributed by atoms with van der Waals surface area (Å²) in [5.74, 6) is 0.0901. The van der Waals surface area contributed by atoms with Crippen molar-refractivity contribution >= 4 is 11.8 Å². The van der Waals surface area contributed by atoms with Crippen molar-refractivity contribution in [3.8, 4) is 0 Å². The van der Waals surface area contributed by atoms with Gasteiger partial charge in [-0.1, -0.05) is 19.3 Å². The Labute approximate surface area is 124 Å². The van der Waals surface area contributed by atoms with Gasteiger partial charge in [0.2, 0.25) is 11.8 Å². The molecule has 1 aliphatic carbocycles. The second-order valence-electron chi connectivity index (χ2n) is 6.02. The number of carbonyl (C=O) groups is 2. The molecule has 112 valence electrons. The lowest BCUT2D eigenvalue weighted by Gasteiger charge is -2.38. The largest absolute Gasteiger partial charge is 0.342 e. The molecule has 5 heteroatoms. The van der Waals surface area contributed by atoms with Gasteiger partial charge in [-0.3, -0.25) is 14.6 Å². The minimum atomic E-state index is -0.654. The first kappa shape index (κ1) is 14.0. The minimum Gasteiger partial charge on any atom is -0.342 e. The smallest absolute Gasteiger partial charge is 0.248 e. The number of pyridine rings is 1. The van der Waals surface area contributed by atoms with Crippen LogP contribution in [-0.4, -0.2) is 33.8 Å². The third-order valence-electron chi connectivity index (χ3n) is 4.51. The average molecular weight is 287 g/mol.